The van der Waals surface area contributed by atoms with Gasteiger partial charge < -0.3 is 10.1 Å². The van der Waals surface area contributed by atoms with Crippen molar-refractivity contribution in [2.24, 2.45) is 0 Å². The zero-order valence-corrected chi connectivity index (χ0v) is 16.5. The second-order valence-corrected chi connectivity index (χ2v) is 8.51. The number of hydrogen-bond acceptors (Lipinski definition) is 4. The predicted molar refractivity (Wildman–Crippen MR) is 105 cm³/mol. The lowest BCUT2D eigenvalue weighted by Gasteiger charge is -2.26. The number of rotatable bonds is 5. The van der Waals surface area contributed by atoms with Crippen LogP contribution in [0, 0.1) is 0 Å². The first-order chi connectivity index (χ1) is 12.9. The van der Waals surface area contributed by atoms with Crippen LogP contribution >= 0.6 is 11.6 Å². The van der Waals surface area contributed by atoms with Crippen molar-refractivity contribution in [2.75, 3.05) is 31.6 Å². The second-order valence-electron chi connectivity index (χ2n) is 6.16. The first kappa shape index (κ1) is 19.8. The Morgan fingerprint density at radius 2 is 1.81 bits per heavy atom. The van der Waals surface area contributed by atoms with Gasteiger partial charge in [-0.1, -0.05) is 30.7 Å². The van der Waals surface area contributed by atoms with Crippen LogP contribution in [0.5, 0.6) is 0 Å². The number of nitrogens with one attached hydrogen (secondary N) is 1. The van der Waals surface area contributed by atoms with Crippen LogP contribution in [0.1, 0.15) is 22.8 Å². The van der Waals surface area contributed by atoms with Gasteiger partial charge >= 0.3 is 0 Å². The van der Waals surface area contributed by atoms with Crippen LogP contribution in [0.3, 0.4) is 0 Å². The molecule has 0 bridgehead atoms. The Labute approximate surface area is 164 Å². The summed E-state index contributed by atoms with van der Waals surface area (Å²) in [7, 11) is -3.70. The zero-order valence-electron chi connectivity index (χ0n) is 14.9. The van der Waals surface area contributed by atoms with Gasteiger partial charge in [0.15, 0.2) is 0 Å². The average Bonchev–Trinajstić information content (AvgIpc) is 2.69. The molecule has 0 saturated carbocycles. The number of sulfonamides is 1. The van der Waals surface area contributed by atoms with Crippen molar-refractivity contribution in [1.82, 2.24) is 4.31 Å². The van der Waals surface area contributed by atoms with Crippen LogP contribution in [0.2, 0.25) is 5.02 Å². The van der Waals surface area contributed by atoms with Crippen molar-refractivity contribution in [2.45, 2.75) is 18.2 Å². The van der Waals surface area contributed by atoms with Crippen LogP contribution in [0.15, 0.2) is 47.4 Å². The average molecular weight is 409 g/mol. The molecule has 0 unspecified atom stereocenters. The molecule has 0 atom stereocenters. The lowest BCUT2D eigenvalue weighted by Crippen LogP contribution is -2.40. The first-order valence-corrected chi connectivity index (χ1v) is 10.5. The number of amides is 1. The zero-order chi connectivity index (χ0) is 19.4. The van der Waals surface area contributed by atoms with Crippen LogP contribution in [-0.2, 0) is 21.2 Å². The standard InChI is InChI=1S/C19H21ClN2O4S/c1-2-14-3-5-15(6-4-14)21-19(23)17-13-16(7-8-18(17)20)27(24,25)22-9-11-26-12-10-22/h3-8,13H,2,9-12H2,1H3,(H,21,23). The molecule has 3 rings (SSSR count). The van der Waals surface area contributed by atoms with E-state index in [0.717, 1.165) is 12.0 Å². The summed E-state index contributed by atoms with van der Waals surface area (Å²) in [5, 5.41) is 2.95. The van der Waals surface area contributed by atoms with E-state index in [1.165, 1.54) is 22.5 Å². The Hall–Kier alpha value is -1.93. The molecule has 2 aromatic rings. The summed E-state index contributed by atoms with van der Waals surface area (Å²) in [5.41, 5.74) is 1.89. The van der Waals surface area contributed by atoms with E-state index in [1.54, 1.807) is 12.1 Å². The highest BCUT2D eigenvalue weighted by atomic mass is 35.5. The molecule has 0 aromatic heterocycles. The maximum atomic E-state index is 12.8. The number of ether oxygens (including phenoxy) is 1. The fraction of sp³-hybridized carbons (Fsp3) is 0.316. The van der Waals surface area contributed by atoms with E-state index >= 15 is 0 Å². The number of anilines is 1. The lowest BCUT2D eigenvalue weighted by atomic mass is 10.1. The lowest BCUT2D eigenvalue weighted by molar-refractivity contribution is 0.0730. The molecule has 1 heterocycles. The van der Waals surface area contributed by atoms with Crippen LogP contribution in [0.4, 0.5) is 5.69 Å². The van der Waals surface area contributed by atoms with Gasteiger partial charge in [0, 0.05) is 18.8 Å². The number of nitrogens with zero attached hydrogens (tertiary/aromatic N) is 1. The number of carbonyl (C=O) groups excluding carboxylic acids is 1. The molecule has 8 heteroatoms. The van der Waals surface area contributed by atoms with Crippen molar-refractivity contribution >= 4 is 33.2 Å². The third-order valence-electron chi connectivity index (χ3n) is 4.41. The maximum Gasteiger partial charge on any atom is 0.257 e. The van der Waals surface area contributed by atoms with Gasteiger partial charge in [0.05, 0.1) is 28.7 Å². The van der Waals surface area contributed by atoms with Crippen LogP contribution < -0.4 is 5.32 Å². The Balaban J connectivity index is 1.84. The minimum atomic E-state index is -3.70. The Bertz CT molecular complexity index is 923. The number of carbonyl (C=O) groups is 1. The molecule has 1 saturated heterocycles. The fourth-order valence-electron chi connectivity index (χ4n) is 2.80. The summed E-state index contributed by atoms with van der Waals surface area (Å²) in [5.74, 6) is -0.455. The summed E-state index contributed by atoms with van der Waals surface area (Å²) < 4.78 is 32.2. The molecule has 0 radical (unpaired) electrons. The molecule has 0 spiro atoms. The van der Waals surface area contributed by atoms with E-state index in [-0.39, 0.29) is 28.6 Å². The van der Waals surface area contributed by atoms with Gasteiger partial charge in [-0.15, -0.1) is 0 Å². The molecule has 1 aliphatic rings. The minimum Gasteiger partial charge on any atom is -0.379 e. The molecule has 0 aliphatic carbocycles. The maximum absolute atomic E-state index is 12.8. The highest BCUT2D eigenvalue weighted by Gasteiger charge is 2.27. The van der Waals surface area contributed by atoms with Gasteiger partial charge in [-0.2, -0.15) is 4.31 Å². The molecular formula is C19H21ClN2O4S. The number of halogens is 1. The van der Waals surface area contributed by atoms with Gasteiger partial charge in [0.1, 0.15) is 0 Å². The molecule has 2 aromatic carbocycles. The number of aryl methyl sites for hydroxylation is 1. The third kappa shape index (κ3) is 4.50. The SMILES string of the molecule is CCc1ccc(NC(=O)c2cc(S(=O)(=O)N3CCOCC3)ccc2Cl)cc1. The summed E-state index contributed by atoms with van der Waals surface area (Å²) in [4.78, 5) is 12.7. The van der Waals surface area contributed by atoms with Gasteiger partial charge in [0.2, 0.25) is 10.0 Å². The molecule has 1 amide bonds. The van der Waals surface area contributed by atoms with Crippen molar-refractivity contribution in [1.29, 1.82) is 0 Å². The normalized spacial score (nSPS) is 15.5. The molecule has 144 valence electrons. The summed E-state index contributed by atoms with van der Waals surface area (Å²) in [6.45, 7) is 3.34. The van der Waals surface area contributed by atoms with E-state index in [2.05, 4.69) is 5.32 Å². The number of hydrogen-bond donors (Lipinski definition) is 1. The number of morpholine rings is 1. The minimum absolute atomic E-state index is 0.0419. The smallest absolute Gasteiger partial charge is 0.257 e. The molecule has 1 aliphatic heterocycles. The Kier molecular flexibility index (Phi) is 6.16. The second kappa shape index (κ2) is 8.39. The fourth-order valence-corrected chi connectivity index (χ4v) is 4.44. The molecule has 6 nitrogen and oxygen atoms in total. The van der Waals surface area contributed by atoms with Gasteiger partial charge in [-0.25, -0.2) is 8.42 Å². The van der Waals surface area contributed by atoms with Crippen LogP contribution in [0.25, 0.3) is 0 Å². The van der Waals surface area contributed by atoms with E-state index in [1.807, 2.05) is 19.1 Å². The van der Waals surface area contributed by atoms with E-state index in [4.69, 9.17) is 16.3 Å². The third-order valence-corrected chi connectivity index (χ3v) is 6.63. The monoisotopic (exact) mass is 408 g/mol. The topological polar surface area (TPSA) is 75.7 Å². The molecule has 1 fully saturated rings. The van der Waals surface area contributed by atoms with E-state index in [9.17, 15) is 13.2 Å². The largest absolute Gasteiger partial charge is 0.379 e. The van der Waals surface area contributed by atoms with E-state index < -0.39 is 15.9 Å². The molecule has 1 N–H and O–H groups in total. The first-order valence-electron chi connectivity index (χ1n) is 8.69. The summed E-state index contributed by atoms with van der Waals surface area (Å²) in [6, 6.07) is 11.6. The van der Waals surface area contributed by atoms with Gasteiger partial charge in [-0.3, -0.25) is 4.79 Å². The van der Waals surface area contributed by atoms with Crippen LogP contribution in [-0.4, -0.2) is 44.9 Å². The highest BCUT2D eigenvalue weighted by molar-refractivity contribution is 7.89. The quantitative estimate of drug-likeness (QED) is 0.824. The Morgan fingerprint density at radius 3 is 2.44 bits per heavy atom. The molecular weight excluding hydrogens is 388 g/mol. The summed E-state index contributed by atoms with van der Waals surface area (Å²) >= 11 is 6.15. The van der Waals surface area contributed by atoms with Crippen molar-refractivity contribution in [3.05, 3.63) is 58.6 Å². The van der Waals surface area contributed by atoms with Crippen molar-refractivity contribution in [3.8, 4) is 0 Å². The number of benzene rings is 2. The Morgan fingerprint density at radius 1 is 1.15 bits per heavy atom. The van der Waals surface area contributed by atoms with Crippen molar-refractivity contribution < 1.29 is 17.9 Å². The predicted octanol–water partition coefficient (Wildman–Crippen LogP) is 3.18. The highest BCUT2D eigenvalue weighted by Crippen LogP contribution is 2.24. The van der Waals surface area contributed by atoms with Gasteiger partial charge in [-0.05, 0) is 42.3 Å². The van der Waals surface area contributed by atoms with Crippen molar-refractivity contribution in [3.63, 3.8) is 0 Å². The summed E-state index contributed by atoms with van der Waals surface area (Å²) in [6.07, 6.45) is 0.904. The van der Waals surface area contributed by atoms with Gasteiger partial charge in [0.25, 0.3) is 5.91 Å². The molecule has 27 heavy (non-hydrogen) atoms. The van der Waals surface area contributed by atoms with E-state index in [0.29, 0.717) is 18.9 Å².